The number of esters is 1. The molecule has 0 atom stereocenters. The van der Waals surface area contributed by atoms with Gasteiger partial charge in [0.2, 0.25) is 0 Å². The van der Waals surface area contributed by atoms with Gasteiger partial charge in [-0.1, -0.05) is 30.3 Å². The predicted octanol–water partition coefficient (Wildman–Crippen LogP) is 2.86. The molecule has 70 valence electrons. The quantitative estimate of drug-likeness (QED) is 0.717. The molecule has 1 aliphatic rings. The van der Waals surface area contributed by atoms with Crippen molar-refractivity contribution in [3.63, 3.8) is 0 Å². The molecule has 0 aliphatic carbocycles. The van der Waals surface area contributed by atoms with E-state index in [9.17, 15) is 4.79 Å². The summed E-state index contributed by atoms with van der Waals surface area (Å²) in [6.07, 6.45) is 3.22. The second-order valence-electron chi connectivity index (χ2n) is 2.83. The Labute approximate surface area is 90.0 Å². The number of benzene rings is 1. The molecule has 1 aliphatic heterocycles. The summed E-state index contributed by atoms with van der Waals surface area (Å²) in [6, 6.07) is 9.69. The lowest BCUT2D eigenvalue weighted by Crippen LogP contribution is -1.90. The van der Waals surface area contributed by atoms with Gasteiger partial charge in [0.1, 0.15) is 5.76 Å². The van der Waals surface area contributed by atoms with Crippen molar-refractivity contribution in [2.75, 3.05) is 0 Å². The Hall–Kier alpha value is -1.35. The molecule has 1 heterocycles. The largest absolute Gasteiger partial charge is 0.422 e. The number of carbonyl (C=O) groups is 1. The van der Waals surface area contributed by atoms with E-state index >= 15 is 0 Å². The van der Waals surface area contributed by atoms with Crippen LogP contribution in [0.3, 0.4) is 0 Å². The molecule has 2 nitrogen and oxygen atoms in total. The number of rotatable bonds is 1. The lowest BCUT2D eigenvalue weighted by Gasteiger charge is -1.98. The molecule has 0 unspecified atom stereocenters. The molecule has 0 saturated heterocycles. The smallest absolute Gasteiger partial charge is 0.337 e. The van der Waals surface area contributed by atoms with E-state index in [0.29, 0.717) is 10.2 Å². The summed E-state index contributed by atoms with van der Waals surface area (Å²) >= 11 is 3.25. The molecule has 0 spiro atoms. The Balaban J connectivity index is 2.29. The van der Waals surface area contributed by atoms with Gasteiger partial charge in [-0.2, -0.15) is 0 Å². The lowest BCUT2D eigenvalue weighted by atomic mass is 10.2. The van der Waals surface area contributed by atoms with Crippen LogP contribution in [0, 0.1) is 0 Å². The van der Waals surface area contributed by atoms with Crippen molar-refractivity contribution in [1.82, 2.24) is 0 Å². The summed E-state index contributed by atoms with van der Waals surface area (Å²) in [4.78, 5) is 10.9. The summed E-state index contributed by atoms with van der Waals surface area (Å²) in [6.45, 7) is 0. The number of carbonyl (C=O) groups excluding carboxylic acids is 1. The number of cyclic esters (lactones) is 1. The highest BCUT2D eigenvalue weighted by atomic mass is 79.9. The molecule has 3 heteroatoms. The Kier molecular flexibility index (Phi) is 2.50. The molecule has 0 fully saturated rings. The fourth-order valence-corrected chi connectivity index (χ4v) is 1.54. The van der Waals surface area contributed by atoms with Crippen LogP contribution in [0.15, 0.2) is 46.6 Å². The summed E-state index contributed by atoms with van der Waals surface area (Å²) in [5.74, 6) is 0.222. The second-order valence-corrected chi connectivity index (χ2v) is 3.69. The fourth-order valence-electron chi connectivity index (χ4n) is 1.16. The monoisotopic (exact) mass is 250 g/mol. The summed E-state index contributed by atoms with van der Waals surface area (Å²) in [5.41, 5.74) is 1.00. The third-order valence-corrected chi connectivity index (χ3v) is 2.41. The first-order valence-corrected chi connectivity index (χ1v) is 4.91. The van der Waals surface area contributed by atoms with Crippen LogP contribution in [0.2, 0.25) is 0 Å². The zero-order valence-electron chi connectivity index (χ0n) is 7.24. The number of allylic oxidation sites excluding steroid dienone is 1. The SMILES string of the molecule is O=C1C=C(Br)/C(=C/c2ccccc2)O1. The Morgan fingerprint density at radius 2 is 1.93 bits per heavy atom. The van der Waals surface area contributed by atoms with Crippen LogP contribution in [0.1, 0.15) is 5.56 Å². The number of halogens is 1. The summed E-state index contributed by atoms with van der Waals surface area (Å²) < 4.78 is 5.65. The second kappa shape index (κ2) is 3.80. The van der Waals surface area contributed by atoms with Crippen molar-refractivity contribution >= 4 is 28.0 Å². The first-order chi connectivity index (χ1) is 6.75. The van der Waals surface area contributed by atoms with E-state index in [4.69, 9.17) is 4.74 Å². The van der Waals surface area contributed by atoms with Crippen LogP contribution in [0.4, 0.5) is 0 Å². The maximum absolute atomic E-state index is 10.9. The van der Waals surface area contributed by atoms with Crippen LogP contribution < -0.4 is 0 Å². The molecular formula is C11H7BrO2. The van der Waals surface area contributed by atoms with Crippen molar-refractivity contribution in [2.24, 2.45) is 0 Å². The average molecular weight is 251 g/mol. The predicted molar refractivity (Wildman–Crippen MR) is 57.5 cm³/mol. The Morgan fingerprint density at radius 3 is 2.50 bits per heavy atom. The van der Waals surface area contributed by atoms with E-state index in [1.54, 1.807) is 0 Å². The fraction of sp³-hybridized carbons (Fsp3) is 0. The Bertz CT molecular complexity index is 418. The van der Waals surface area contributed by atoms with Crippen LogP contribution in [0.5, 0.6) is 0 Å². The first-order valence-electron chi connectivity index (χ1n) is 4.12. The Morgan fingerprint density at radius 1 is 1.21 bits per heavy atom. The minimum atomic E-state index is -0.334. The molecule has 0 bridgehead atoms. The first kappa shape index (κ1) is 9.21. The van der Waals surface area contributed by atoms with Gasteiger partial charge in [-0.25, -0.2) is 4.79 Å². The van der Waals surface area contributed by atoms with Crippen molar-refractivity contribution in [3.05, 3.63) is 52.2 Å². The van der Waals surface area contributed by atoms with Crippen LogP contribution >= 0.6 is 15.9 Å². The molecule has 2 rings (SSSR count). The highest BCUT2D eigenvalue weighted by molar-refractivity contribution is 9.12. The van der Waals surface area contributed by atoms with Crippen LogP contribution in [0.25, 0.3) is 6.08 Å². The highest BCUT2D eigenvalue weighted by Crippen LogP contribution is 2.26. The zero-order valence-corrected chi connectivity index (χ0v) is 8.82. The van der Waals surface area contributed by atoms with Crippen molar-refractivity contribution in [2.45, 2.75) is 0 Å². The van der Waals surface area contributed by atoms with Gasteiger partial charge in [-0.05, 0) is 27.6 Å². The normalized spacial score (nSPS) is 18.2. The van der Waals surface area contributed by atoms with Crippen LogP contribution in [-0.2, 0) is 9.53 Å². The minimum absolute atomic E-state index is 0.334. The van der Waals surface area contributed by atoms with Gasteiger partial charge in [0.25, 0.3) is 0 Å². The number of ether oxygens (including phenoxy) is 1. The molecule has 14 heavy (non-hydrogen) atoms. The van der Waals surface area contributed by atoms with Gasteiger partial charge in [0.15, 0.2) is 0 Å². The molecule has 0 saturated carbocycles. The van der Waals surface area contributed by atoms with E-state index in [2.05, 4.69) is 15.9 Å². The standard InChI is InChI=1S/C11H7BrO2/c12-9-7-11(13)14-10(9)6-8-4-2-1-3-5-8/h1-7H/b10-6-. The van der Waals surface area contributed by atoms with Gasteiger partial charge >= 0.3 is 5.97 Å². The van der Waals surface area contributed by atoms with Crippen molar-refractivity contribution in [3.8, 4) is 0 Å². The van der Waals surface area contributed by atoms with E-state index in [-0.39, 0.29) is 5.97 Å². The number of hydrogen-bond donors (Lipinski definition) is 0. The third kappa shape index (κ3) is 1.93. The van der Waals surface area contributed by atoms with E-state index in [0.717, 1.165) is 5.56 Å². The topological polar surface area (TPSA) is 26.3 Å². The van der Waals surface area contributed by atoms with Gasteiger partial charge in [-0.15, -0.1) is 0 Å². The molecule has 0 radical (unpaired) electrons. The van der Waals surface area contributed by atoms with Crippen LogP contribution in [-0.4, -0.2) is 5.97 Å². The van der Waals surface area contributed by atoms with Crippen molar-refractivity contribution in [1.29, 1.82) is 0 Å². The summed E-state index contributed by atoms with van der Waals surface area (Å²) in [7, 11) is 0. The van der Waals surface area contributed by atoms with Gasteiger partial charge in [-0.3, -0.25) is 0 Å². The maximum Gasteiger partial charge on any atom is 0.337 e. The maximum atomic E-state index is 10.9. The number of hydrogen-bond acceptors (Lipinski definition) is 2. The highest BCUT2D eigenvalue weighted by Gasteiger charge is 2.17. The molecular weight excluding hydrogens is 244 g/mol. The van der Waals surface area contributed by atoms with Gasteiger partial charge in [0, 0.05) is 6.08 Å². The van der Waals surface area contributed by atoms with Gasteiger partial charge in [0.05, 0.1) is 4.48 Å². The molecule has 1 aromatic rings. The van der Waals surface area contributed by atoms with Crippen molar-refractivity contribution < 1.29 is 9.53 Å². The molecule has 1 aromatic carbocycles. The van der Waals surface area contributed by atoms with E-state index in [1.165, 1.54) is 6.08 Å². The minimum Gasteiger partial charge on any atom is -0.422 e. The van der Waals surface area contributed by atoms with E-state index < -0.39 is 0 Å². The lowest BCUT2D eigenvalue weighted by molar-refractivity contribution is -0.132. The molecule has 0 N–H and O–H groups in total. The molecule has 0 aromatic heterocycles. The zero-order chi connectivity index (χ0) is 9.97. The molecule has 0 amide bonds. The van der Waals surface area contributed by atoms with E-state index in [1.807, 2.05) is 36.4 Å². The third-order valence-electron chi connectivity index (χ3n) is 1.79. The summed E-state index contributed by atoms with van der Waals surface area (Å²) in [5, 5.41) is 0. The van der Waals surface area contributed by atoms with Gasteiger partial charge < -0.3 is 4.74 Å². The average Bonchev–Trinajstić information content (AvgIpc) is 2.47.